The van der Waals surface area contributed by atoms with Crippen LogP contribution in [0.15, 0.2) is 0 Å². The molecule has 1 aromatic heterocycles. The van der Waals surface area contributed by atoms with Gasteiger partial charge in [-0.25, -0.2) is 0 Å². The van der Waals surface area contributed by atoms with Crippen molar-refractivity contribution in [2.75, 3.05) is 6.54 Å². The van der Waals surface area contributed by atoms with Crippen molar-refractivity contribution in [3.63, 3.8) is 0 Å². The summed E-state index contributed by atoms with van der Waals surface area (Å²) < 4.78 is 3.70. The Morgan fingerprint density at radius 2 is 2.40 bits per heavy atom. The highest BCUT2D eigenvalue weighted by atomic mass is 32.1. The largest absolute Gasteiger partial charge is 0.329 e. The Hall–Kier alpha value is -0.550. The molecule has 0 spiro atoms. The zero-order valence-corrected chi connectivity index (χ0v) is 6.27. The summed E-state index contributed by atoms with van der Waals surface area (Å²) in [5.41, 5.74) is 5.75. The quantitative estimate of drug-likeness (QED) is 0.650. The minimum atomic E-state index is 0.175. The average Bonchev–Trinajstić information content (AvgIpc) is 2.58. The summed E-state index contributed by atoms with van der Waals surface area (Å²) in [5.74, 6) is 0. The van der Waals surface area contributed by atoms with E-state index in [-0.39, 0.29) is 5.41 Å². The first-order chi connectivity index (χ1) is 4.87. The van der Waals surface area contributed by atoms with E-state index in [0.717, 1.165) is 17.8 Å². The molecular formula is C5H8N4S. The molecule has 10 heavy (non-hydrogen) atoms. The minimum Gasteiger partial charge on any atom is -0.329 e. The van der Waals surface area contributed by atoms with Gasteiger partial charge in [0, 0.05) is 23.5 Å². The Labute approximate surface area is 62.6 Å². The number of nitrogens with zero attached hydrogens (tertiary/aromatic N) is 3. The van der Waals surface area contributed by atoms with Crippen molar-refractivity contribution in [2.24, 2.45) is 5.73 Å². The van der Waals surface area contributed by atoms with Crippen molar-refractivity contribution in [1.29, 1.82) is 0 Å². The van der Waals surface area contributed by atoms with Crippen LogP contribution in [0.25, 0.3) is 0 Å². The van der Waals surface area contributed by atoms with Crippen molar-refractivity contribution in [3.05, 3.63) is 5.01 Å². The van der Waals surface area contributed by atoms with Crippen molar-refractivity contribution in [3.8, 4) is 0 Å². The van der Waals surface area contributed by atoms with Crippen LogP contribution in [0.3, 0.4) is 0 Å². The van der Waals surface area contributed by atoms with Crippen LogP contribution >= 0.6 is 11.5 Å². The van der Waals surface area contributed by atoms with Crippen LogP contribution < -0.4 is 5.73 Å². The molecule has 2 rings (SSSR count). The monoisotopic (exact) mass is 156 g/mol. The summed E-state index contributed by atoms with van der Waals surface area (Å²) in [7, 11) is 0. The van der Waals surface area contributed by atoms with Gasteiger partial charge in [0.1, 0.15) is 5.01 Å². The van der Waals surface area contributed by atoms with Crippen LogP contribution in [0.5, 0.6) is 0 Å². The van der Waals surface area contributed by atoms with E-state index >= 15 is 0 Å². The zero-order chi connectivity index (χ0) is 7.03. The highest BCUT2D eigenvalue weighted by Gasteiger charge is 2.46. The third-order valence-electron chi connectivity index (χ3n) is 2.00. The van der Waals surface area contributed by atoms with Crippen LogP contribution in [-0.4, -0.2) is 21.3 Å². The lowest BCUT2D eigenvalue weighted by molar-refractivity contribution is 0.683. The first-order valence-corrected chi connectivity index (χ1v) is 4.00. The Kier molecular flexibility index (Phi) is 1.21. The molecular weight excluding hydrogens is 148 g/mol. The van der Waals surface area contributed by atoms with Gasteiger partial charge in [-0.1, -0.05) is 4.49 Å². The molecule has 1 aliphatic carbocycles. The van der Waals surface area contributed by atoms with E-state index in [0.29, 0.717) is 6.54 Å². The Morgan fingerprint density at radius 1 is 1.60 bits per heavy atom. The van der Waals surface area contributed by atoms with Crippen LogP contribution in [0.4, 0.5) is 0 Å². The van der Waals surface area contributed by atoms with Crippen molar-refractivity contribution in [2.45, 2.75) is 18.3 Å². The summed E-state index contributed by atoms with van der Waals surface area (Å²) >= 11 is 1.36. The summed E-state index contributed by atoms with van der Waals surface area (Å²) in [5, 5.41) is 8.45. The third-order valence-corrected chi connectivity index (χ3v) is 2.84. The van der Waals surface area contributed by atoms with Gasteiger partial charge in [-0.3, -0.25) is 0 Å². The fourth-order valence-electron chi connectivity index (χ4n) is 0.993. The van der Waals surface area contributed by atoms with E-state index in [9.17, 15) is 0 Å². The number of nitrogens with two attached hydrogens (primary N) is 1. The van der Waals surface area contributed by atoms with Crippen LogP contribution in [0.2, 0.25) is 0 Å². The van der Waals surface area contributed by atoms with E-state index in [1.807, 2.05) is 0 Å². The molecule has 5 heteroatoms. The highest BCUT2D eigenvalue weighted by Crippen LogP contribution is 2.47. The molecule has 1 saturated carbocycles. The van der Waals surface area contributed by atoms with Crippen molar-refractivity contribution in [1.82, 2.24) is 14.8 Å². The molecule has 0 radical (unpaired) electrons. The minimum absolute atomic E-state index is 0.175. The van der Waals surface area contributed by atoms with Gasteiger partial charge < -0.3 is 5.73 Å². The SMILES string of the molecule is NCC1(c2nnns2)CC1. The van der Waals surface area contributed by atoms with Gasteiger partial charge in [-0.05, 0) is 18.1 Å². The summed E-state index contributed by atoms with van der Waals surface area (Å²) in [6, 6.07) is 0. The first kappa shape index (κ1) is 6.18. The van der Waals surface area contributed by atoms with Gasteiger partial charge in [0.25, 0.3) is 0 Å². The van der Waals surface area contributed by atoms with Gasteiger partial charge in [-0.15, -0.1) is 5.10 Å². The summed E-state index contributed by atoms with van der Waals surface area (Å²) in [6.07, 6.45) is 2.31. The molecule has 1 aromatic rings. The van der Waals surface area contributed by atoms with Gasteiger partial charge in [-0.2, -0.15) is 0 Å². The van der Waals surface area contributed by atoms with E-state index in [2.05, 4.69) is 14.8 Å². The van der Waals surface area contributed by atoms with Gasteiger partial charge in [0.15, 0.2) is 0 Å². The second kappa shape index (κ2) is 1.96. The van der Waals surface area contributed by atoms with E-state index in [1.54, 1.807) is 0 Å². The number of rotatable bonds is 2. The predicted octanol–water partition coefficient (Wildman–Crippen LogP) is -0.0766. The summed E-state index contributed by atoms with van der Waals surface area (Å²) in [4.78, 5) is 0. The van der Waals surface area contributed by atoms with Gasteiger partial charge in [0.05, 0.1) is 0 Å². The molecule has 4 nitrogen and oxygen atoms in total. The van der Waals surface area contributed by atoms with Crippen LogP contribution in [0, 0.1) is 0 Å². The molecule has 0 aromatic carbocycles. The molecule has 1 heterocycles. The van der Waals surface area contributed by atoms with E-state index in [4.69, 9.17) is 5.73 Å². The number of aromatic nitrogens is 3. The molecule has 0 bridgehead atoms. The third kappa shape index (κ3) is 0.741. The lowest BCUT2D eigenvalue weighted by atomic mass is 10.1. The first-order valence-electron chi connectivity index (χ1n) is 3.23. The Bertz CT molecular complexity index is 216. The molecule has 0 atom stereocenters. The van der Waals surface area contributed by atoms with Crippen LogP contribution in [0.1, 0.15) is 17.8 Å². The molecule has 0 unspecified atom stereocenters. The van der Waals surface area contributed by atoms with E-state index in [1.165, 1.54) is 11.5 Å². The zero-order valence-electron chi connectivity index (χ0n) is 5.45. The van der Waals surface area contributed by atoms with Crippen LogP contribution in [-0.2, 0) is 5.41 Å². The molecule has 1 aliphatic rings. The fraction of sp³-hybridized carbons (Fsp3) is 0.800. The average molecular weight is 156 g/mol. The smallest absolute Gasteiger partial charge is 0.145 e. The number of hydrogen-bond acceptors (Lipinski definition) is 5. The molecule has 1 fully saturated rings. The maximum absolute atomic E-state index is 5.57. The molecule has 0 aliphatic heterocycles. The normalized spacial score (nSPS) is 20.9. The second-order valence-corrected chi connectivity index (χ2v) is 3.38. The standard InChI is InChI=1S/C5H8N4S/c6-3-5(1-2-5)4-7-8-9-10-4/h1-3,6H2. The Morgan fingerprint density at radius 3 is 2.80 bits per heavy atom. The maximum atomic E-state index is 5.57. The van der Waals surface area contributed by atoms with Crippen molar-refractivity contribution >= 4 is 11.5 Å². The summed E-state index contributed by atoms with van der Waals surface area (Å²) in [6.45, 7) is 0.684. The Balaban J connectivity index is 2.27. The number of hydrogen-bond donors (Lipinski definition) is 1. The predicted molar refractivity (Wildman–Crippen MR) is 37.7 cm³/mol. The molecule has 0 amide bonds. The van der Waals surface area contributed by atoms with E-state index < -0.39 is 0 Å². The molecule has 54 valence electrons. The molecule has 2 N–H and O–H groups in total. The highest BCUT2D eigenvalue weighted by molar-refractivity contribution is 7.05. The lowest BCUT2D eigenvalue weighted by Gasteiger charge is -2.03. The maximum Gasteiger partial charge on any atom is 0.145 e. The second-order valence-electron chi connectivity index (χ2n) is 2.65. The molecule has 0 saturated heterocycles. The topological polar surface area (TPSA) is 64.7 Å². The van der Waals surface area contributed by atoms with Gasteiger partial charge >= 0.3 is 0 Å². The van der Waals surface area contributed by atoms with Gasteiger partial charge in [0.2, 0.25) is 0 Å². The van der Waals surface area contributed by atoms with Crippen molar-refractivity contribution < 1.29 is 0 Å². The lowest BCUT2D eigenvalue weighted by Crippen LogP contribution is -2.19. The fourth-order valence-corrected chi connectivity index (χ4v) is 1.70.